The van der Waals surface area contributed by atoms with Crippen LogP contribution in [0.15, 0.2) is 36.7 Å². The summed E-state index contributed by atoms with van der Waals surface area (Å²) in [5.74, 6) is -0.563. The molecule has 0 saturated carbocycles. The van der Waals surface area contributed by atoms with Crippen LogP contribution in [0, 0.1) is 18.3 Å². The predicted octanol–water partition coefficient (Wildman–Crippen LogP) is 3.01. The van der Waals surface area contributed by atoms with Gasteiger partial charge in [0.2, 0.25) is 5.13 Å². The average molecular weight is 481 g/mol. The summed E-state index contributed by atoms with van der Waals surface area (Å²) in [5, 5.41) is 38.0. The van der Waals surface area contributed by atoms with Crippen molar-refractivity contribution >= 4 is 33.6 Å². The summed E-state index contributed by atoms with van der Waals surface area (Å²) in [6, 6.07) is 9.04. The van der Waals surface area contributed by atoms with Gasteiger partial charge in [-0.3, -0.25) is 9.78 Å². The minimum atomic E-state index is -1.65. The zero-order valence-electron chi connectivity index (χ0n) is 18.6. The van der Waals surface area contributed by atoms with E-state index in [1.807, 2.05) is 12.1 Å². The molecule has 0 radical (unpaired) electrons. The number of carbonyl (C=O) groups is 1. The lowest BCUT2D eigenvalue weighted by Gasteiger charge is -2.22. The minimum Gasteiger partial charge on any atom is -0.387 e. The molecular formula is C22H21FN8O2S. The molecule has 10 nitrogen and oxygen atoms in total. The Morgan fingerprint density at radius 2 is 2.12 bits per heavy atom. The molecule has 1 unspecified atom stereocenters. The molecule has 0 fully saturated rings. The Morgan fingerprint density at radius 3 is 2.79 bits per heavy atom. The fraction of sp³-hybridized carbons (Fsp3) is 0.273. The molecule has 0 aromatic carbocycles. The lowest BCUT2D eigenvalue weighted by Crippen LogP contribution is -2.42. The fourth-order valence-corrected chi connectivity index (χ4v) is 3.73. The number of pyridine rings is 1. The standard InChI is InChI=1S/C22H21FN8O2S/c1-12-29-30-21(34-12)28-16-7-17(18-5-4-14-6-13(8-24)9-27-31(14)18)25-10-15(16)20(32)26-11-19(23)22(2,3)33/h4-7,9-10,19,33H,11H2,1-3H3,(H,26,32)(H,25,28,30). The van der Waals surface area contributed by atoms with Crippen LogP contribution >= 0.6 is 11.3 Å². The van der Waals surface area contributed by atoms with Crippen molar-refractivity contribution in [1.29, 1.82) is 5.26 Å². The first-order valence-corrected chi connectivity index (χ1v) is 11.1. The molecular weight excluding hydrogens is 459 g/mol. The lowest BCUT2D eigenvalue weighted by molar-refractivity contribution is -0.00177. The van der Waals surface area contributed by atoms with Gasteiger partial charge in [-0.1, -0.05) is 11.3 Å². The smallest absolute Gasteiger partial charge is 0.255 e. The van der Waals surface area contributed by atoms with E-state index in [9.17, 15) is 14.3 Å². The minimum absolute atomic E-state index is 0.167. The molecule has 12 heteroatoms. The molecule has 1 amide bonds. The number of halogens is 1. The number of carbonyl (C=O) groups excluding carboxylic acids is 1. The molecule has 0 aliphatic carbocycles. The zero-order chi connectivity index (χ0) is 24.5. The van der Waals surface area contributed by atoms with E-state index in [1.165, 1.54) is 37.6 Å². The second-order valence-electron chi connectivity index (χ2n) is 8.11. The first kappa shape index (κ1) is 23.2. The van der Waals surface area contributed by atoms with Gasteiger partial charge in [-0.05, 0) is 45.0 Å². The Kier molecular flexibility index (Phi) is 6.23. The van der Waals surface area contributed by atoms with E-state index < -0.39 is 17.7 Å². The topological polar surface area (TPSA) is 141 Å². The van der Waals surface area contributed by atoms with Crippen LogP contribution in [0.4, 0.5) is 15.2 Å². The number of nitrogens with one attached hydrogen (secondary N) is 2. The number of anilines is 2. The summed E-state index contributed by atoms with van der Waals surface area (Å²) >= 11 is 1.31. The molecule has 174 valence electrons. The average Bonchev–Trinajstić information content (AvgIpc) is 3.41. The van der Waals surface area contributed by atoms with Crippen LogP contribution in [-0.4, -0.2) is 54.1 Å². The Labute approximate surface area is 198 Å². The van der Waals surface area contributed by atoms with Crippen LogP contribution in [0.1, 0.15) is 34.8 Å². The summed E-state index contributed by atoms with van der Waals surface area (Å²) in [6.07, 6.45) is 1.18. The van der Waals surface area contributed by atoms with E-state index in [4.69, 9.17) is 5.26 Å². The third kappa shape index (κ3) is 4.85. The number of alkyl halides is 1. The highest BCUT2D eigenvalue weighted by Gasteiger charge is 2.27. The molecule has 4 aromatic heterocycles. The van der Waals surface area contributed by atoms with Crippen molar-refractivity contribution in [3.63, 3.8) is 0 Å². The molecule has 0 aliphatic heterocycles. The van der Waals surface area contributed by atoms with Gasteiger partial charge < -0.3 is 15.7 Å². The van der Waals surface area contributed by atoms with Crippen LogP contribution in [0.2, 0.25) is 0 Å². The summed E-state index contributed by atoms with van der Waals surface area (Å²) in [4.78, 5) is 17.3. The Balaban J connectivity index is 1.70. The quantitative estimate of drug-likeness (QED) is 0.367. The van der Waals surface area contributed by atoms with E-state index in [2.05, 4.69) is 37.0 Å². The maximum atomic E-state index is 14.1. The molecule has 34 heavy (non-hydrogen) atoms. The normalized spacial score (nSPS) is 12.4. The molecule has 0 saturated heterocycles. The highest BCUT2D eigenvalue weighted by Crippen LogP contribution is 2.28. The largest absolute Gasteiger partial charge is 0.387 e. The van der Waals surface area contributed by atoms with E-state index in [0.717, 1.165) is 5.01 Å². The van der Waals surface area contributed by atoms with Gasteiger partial charge in [0.25, 0.3) is 5.91 Å². The third-order valence-corrected chi connectivity index (χ3v) is 5.77. The number of nitrogens with zero attached hydrogens (tertiary/aromatic N) is 6. The molecule has 0 aliphatic rings. The highest BCUT2D eigenvalue weighted by atomic mass is 32.1. The van der Waals surface area contributed by atoms with Crippen LogP contribution in [-0.2, 0) is 0 Å². The molecule has 4 rings (SSSR count). The van der Waals surface area contributed by atoms with E-state index >= 15 is 0 Å². The molecule has 1 atom stereocenters. The van der Waals surface area contributed by atoms with E-state index in [0.29, 0.717) is 33.3 Å². The number of aryl methyl sites for hydroxylation is 1. The van der Waals surface area contributed by atoms with Crippen LogP contribution in [0.25, 0.3) is 16.9 Å². The summed E-state index contributed by atoms with van der Waals surface area (Å²) in [6.45, 7) is 4.11. The van der Waals surface area contributed by atoms with Crippen molar-refractivity contribution in [2.75, 3.05) is 11.9 Å². The molecule has 0 spiro atoms. The monoisotopic (exact) mass is 480 g/mol. The second-order valence-corrected chi connectivity index (χ2v) is 9.29. The Bertz CT molecular complexity index is 1400. The number of aliphatic hydroxyl groups is 1. The second kappa shape index (κ2) is 9.12. The number of aromatic nitrogens is 5. The molecule has 4 aromatic rings. The van der Waals surface area contributed by atoms with Gasteiger partial charge in [0.05, 0.1) is 52.1 Å². The first-order valence-electron chi connectivity index (χ1n) is 10.3. The van der Waals surface area contributed by atoms with E-state index in [-0.39, 0.29) is 12.1 Å². The number of rotatable bonds is 7. The van der Waals surface area contributed by atoms with Crippen LogP contribution in [0.5, 0.6) is 0 Å². The van der Waals surface area contributed by atoms with Crippen molar-refractivity contribution < 1.29 is 14.3 Å². The van der Waals surface area contributed by atoms with Crippen molar-refractivity contribution in [3.8, 4) is 17.5 Å². The fourth-order valence-electron chi connectivity index (χ4n) is 3.12. The van der Waals surface area contributed by atoms with Crippen LogP contribution in [0.3, 0.4) is 0 Å². The highest BCUT2D eigenvalue weighted by molar-refractivity contribution is 7.15. The van der Waals surface area contributed by atoms with Crippen molar-refractivity contribution in [2.45, 2.75) is 32.5 Å². The summed E-state index contributed by atoms with van der Waals surface area (Å²) in [5.41, 5.74) is 1.28. The van der Waals surface area contributed by atoms with Crippen molar-refractivity contribution in [1.82, 2.24) is 30.1 Å². The third-order valence-electron chi connectivity index (χ3n) is 5.02. The van der Waals surface area contributed by atoms with Gasteiger partial charge in [-0.25, -0.2) is 8.91 Å². The van der Waals surface area contributed by atoms with E-state index in [1.54, 1.807) is 23.6 Å². The van der Waals surface area contributed by atoms with Gasteiger partial charge in [0, 0.05) is 6.20 Å². The summed E-state index contributed by atoms with van der Waals surface area (Å²) < 4.78 is 15.8. The number of hydrogen-bond acceptors (Lipinski definition) is 9. The number of hydrogen-bond donors (Lipinski definition) is 3. The lowest BCUT2D eigenvalue weighted by atomic mass is 10.0. The maximum Gasteiger partial charge on any atom is 0.255 e. The molecule has 0 bridgehead atoms. The SMILES string of the molecule is Cc1nnc(Nc2cc(-c3ccc4cc(C#N)cnn34)ncc2C(=O)NCC(F)C(C)(C)O)s1. The zero-order valence-corrected chi connectivity index (χ0v) is 19.4. The van der Waals surface area contributed by atoms with Gasteiger partial charge in [0.15, 0.2) is 0 Å². The number of nitriles is 1. The maximum absolute atomic E-state index is 14.1. The van der Waals surface area contributed by atoms with Gasteiger partial charge >= 0.3 is 0 Å². The van der Waals surface area contributed by atoms with Gasteiger partial charge in [0.1, 0.15) is 17.2 Å². The van der Waals surface area contributed by atoms with Gasteiger partial charge in [-0.2, -0.15) is 10.4 Å². The van der Waals surface area contributed by atoms with Gasteiger partial charge in [-0.15, -0.1) is 10.2 Å². The Hall–Kier alpha value is -3.95. The van der Waals surface area contributed by atoms with Crippen molar-refractivity contribution in [3.05, 3.63) is 52.8 Å². The number of fused-ring (bicyclic) bond motifs is 1. The first-order chi connectivity index (χ1) is 16.2. The number of amides is 1. The van der Waals surface area contributed by atoms with Crippen molar-refractivity contribution in [2.24, 2.45) is 0 Å². The molecule has 4 heterocycles. The van der Waals surface area contributed by atoms with Crippen LogP contribution < -0.4 is 10.6 Å². The molecule has 3 N–H and O–H groups in total. The Morgan fingerprint density at radius 1 is 1.32 bits per heavy atom. The summed E-state index contributed by atoms with van der Waals surface area (Å²) in [7, 11) is 0. The predicted molar refractivity (Wildman–Crippen MR) is 125 cm³/mol.